The van der Waals surface area contributed by atoms with Gasteiger partial charge in [-0.1, -0.05) is 48.0 Å². The largest absolute Gasteiger partial charge is 0.503 e. The van der Waals surface area contributed by atoms with Gasteiger partial charge in [-0.15, -0.1) is 0 Å². The molecule has 3 aromatic carbocycles. The fourth-order valence-electron chi connectivity index (χ4n) is 4.00. The number of ether oxygens (including phenoxy) is 2. The van der Waals surface area contributed by atoms with E-state index in [1.54, 1.807) is 54.6 Å². The summed E-state index contributed by atoms with van der Waals surface area (Å²) < 4.78 is 25.6. The third kappa shape index (κ3) is 3.39. The molecule has 1 amide bonds. The minimum absolute atomic E-state index is 0.141. The third-order valence-corrected chi connectivity index (χ3v) is 5.70. The summed E-state index contributed by atoms with van der Waals surface area (Å²) >= 11 is 6.01. The fourth-order valence-corrected chi connectivity index (χ4v) is 4.12. The summed E-state index contributed by atoms with van der Waals surface area (Å²) in [6.45, 7) is 0.290. The number of carbonyl (C=O) groups is 1. The molecule has 0 saturated carbocycles. The first-order valence-corrected chi connectivity index (χ1v) is 10.0. The summed E-state index contributed by atoms with van der Waals surface area (Å²) in [4.78, 5) is 14.6. The van der Waals surface area contributed by atoms with Crippen molar-refractivity contribution in [3.8, 4) is 11.5 Å². The molecule has 156 valence electrons. The van der Waals surface area contributed by atoms with Gasteiger partial charge in [-0.05, 0) is 41.5 Å². The van der Waals surface area contributed by atoms with Crippen LogP contribution in [0.2, 0.25) is 5.02 Å². The van der Waals surface area contributed by atoms with Crippen molar-refractivity contribution in [2.24, 2.45) is 0 Å². The van der Waals surface area contributed by atoms with Crippen LogP contribution >= 0.6 is 11.6 Å². The van der Waals surface area contributed by atoms with E-state index >= 15 is 0 Å². The van der Waals surface area contributed by atoms with Gasteiger partial charge in [0.15, 0.2) is 17.3 Å². The standard InChI is InChI=1S/C24H17ClFNO4/c25-16-8-6-15(7-9-16)21-22(17-3-1-2-4-18(17)26)27(24(29)23(21)28)12-14-5-10-19-20(11-14)31-13-30-19/h1-11,22,28H,12-13H2. The quantitative estimate of drug-likeness (QED) is 0.604. The minimum atomic E-state index is -0.805. The number of nitrogens with zero attached hydrogens (tertiary/aromatic N) is 1. The normalized spacial score (nSPS) is 17.5. The fraction of sp³-hybridized carbons (Fsp3) is 0.125. The van der Waals surface area contributed by atoms with Crippen molar-refractivity contribution < 1.29 is 23.8 Å². The first-order valence-electron chi connectivity index (χ1n) is 9.66. The number of benzene rings is 3. The van der Waals surface area contributed by atoms with Gasteiger partial charge in [-0.3, -0.25) is 4.79 Å². The molecule has 0 bridgehead atoms. The van der Waals surface area contributed by atoms with Gasteiger partial charge < -0.3 is 19.5 Å². The molecule has 2 aliphatic rings. The van der Waals surface area contributed by atoms with Gasteiger partial charge in [-0.25, -0.2) is 4.39 Å². The van der Waals surface area contributed by atoms with Gasteiger partial charge in [0, 0.05) is 22.7 Å². The number of halogens is 2. The van der Waals surface area contributed by atoms with E-state index in [0.717, 1.165) is 5.56 Å². The molecule has 2 heterocycles. The minimum Gasteiger partial charge on any atom is -0.503 e. The predicted octanol–water partition coefficient (Wildman–Crippen LogP) is 5.26. The maximum Gasteiger partial charge on any atom is 0.290 e. The lowest BCUT2D eigenvalue weighted by Crippen LogP contribution is -2.30. The molecule has 0 aliphatic carbocycles. The zero-order chi connectivity index (χ0) is 21.5. The van der Waals surface area contributed by atoms with Crippen LogP contribution in [-0.2, 0) is 11.3 Å². The molecule has 1 atom stereocenters. The Balaban J connectivity index is 1.59. The summed E-state index contributed by atoms with van der Waals surface area (Å²) in [6, 6.07) is 17.6. The highest BCUT2D eigenvalue weighted by Gasteiger charge is 2.42. The van der Waals surface area contributed by atoms with Crippen molar-refractivity contribution in [1.29, 1.82) is 0 Å². The lowest BCUT2D eigenvalue weighted by molar-refractivity contribution is -0.130. The molecule has 0 fully saturated rings. The Hall–Kier alpha value is -3.51. The van der Waals surface area contributed by atoms with Crippen molar-refractivity contribution in [2.75, 3.05) is 6.79 Å². The average Bonchev–Trinajstić information content (AvgIpc) is 3.33. The molecular formula is C24H17ClFNO4. The third-order valence-electron chi connectivity index (χ3n) is 5.45. The lowest BCUT2D eigenvalue weighted by atomic mass is 9.93. The number of amides is 1. The van der Waals surface area contributed by atoms with E-state index in [1.807, 2.05) is 6.07 Å². The Bertz CT molecular complexity index is 1210. The summed E-state index contributed by atoms with van der Waals surface area (Å²) in [6.07, 6.45) is 0. The second-order valence-electron chi connectivity index (χ2n) is 7.31. The number of carbonyl (C=O) groups excluding carboxylic acids is 1. The van der Waals surface area contributed by atoms with E-state index in [1.165, 1.54) is 11.0 Å². The molecule has 0 spiro atoms. The van der Waals surface area contributed by atoms with Gasteiger partial charge >= 0.3 is 0 Å². The molecule has 31 heavy (non-hydrogen) atoms. The number of hydrogen-bond donors (Lipinski definition) is 1. The number of aliphatic hydroxyl groups excluding tert-OH is 1. The molecule has 7 heteroatoms. The van der Waals surface area contributed by atoms with Crippen LogP contribution in [-0.4, -0.2) is 22.7 Å². The van der Waals surface area contributed by atoms with Gasteiger partial charge in [0.1, 0.15) is 5.82 Å². The second kappa shape index (κ2) is 7.63. The molecule has 0 saturated heterocycles. The molecule has 0 aromatic heterocycles. The monoisotopic (exact) mass is 437 g/mol. The smallest absolute Gasteiger partial charge is 0.290 e. The molecular weight excluding hydrogens is 421 g/mol. The summed E-state index contributed by atoms with van der Waals surface area (Å²) in [5.41, 5.74) is 2.00. The zero-order valence-corrected chi connectivity index (χ0v) is 17.0. The highest BCUT2D eigenvalue weighted by Crippen LogP contribution is 2.45. The summed E-state index contributed by atoms with van der Waals surface area (Å²) in [7, 11) is 0. The number of fused-ring (bicyclic) bond motifs is 1. The topological polar surface area (TPSA) is 59.0 Å². The van der Waals surface area contributed by atoms with Crippen LogP contribution < -0.4 is 9.47 Å². The van der Waals surface area contributed by atoms with Crippen molar-refractivity contribution >= 4 is 23.1 Å². The Labute approximate surface area is 182 Å². The maximum atomic E-state index is 14.8. The van der Waals surface area contributed by atoms with Gasteiger partial charge in [0.25, 0.3) is 5.91 Å². The SMILES string of the molecule is O=C1C(O)=C(c2ccc(Cl)cc2)C(c2ccccc2F)N1Cc1ccc2c(c1)OCO2. The Kier molecular flexibility index (Phi) is 4.79. The van der Waals surface area contributed by atoms with Crippen LogP contribution in [0.25, 0.3) is 5.57 Å². The lowest BCUT2D eigenvalue weighted by Gasteiger charge is -2.28. The molecule has 1 N–H and O–H groups in total. The Morgan fingerprint density at radius 2 is 1.77 bits per heavy atom. The highest BCUT2D eigenvalue weighted by molar-refractivity contribution is 6.30. The highest BCUT2D eigenvalue weighted by atomic mass is 35.5. The Morgan fingerprint density at radius 1 is 1.03 bits per heavy atom. The van der Waals surface area contributed by atoms with Crippen molar-refractivity contribution in [3.05, 3.63) is 100 Å². The number of hydrogen-bond acceptors (Lipinski definition) is 4. The summed E-state index contributed by atoms with van der Waals surface area (Å²) in [5.74, 6) is -0.226. The van der Waals surface area contributed by atoms with Crippen molar-refractivity contribution in [1.82, 2.24) is 4.90 Å². The van der Waals surface area contributed by atoms with Gasteiger partial charge in [0.2, 0.25) is 6.79 Å². The maximum absolute atomic E-state index is 14.8. The van der Waals surface area contributed by atoms with Crippen molar-refractivity contribution in [3.63, 3.8) is 0 Å². The van der Waals surface area contributed by atoms with E-state index < -0.39 is 23.5 Å². The molecule has 2 aliphatic heterocycles. The van der Waals surface area contributed by atoms with E-state index in [4.69, 9.17) is 21.1 Å². The van der Waals surface area contributed by atoms with E-state index in [0.29, 0.717) is 33.2 Å². The van der Waals surface area contributed by atoms with Gasteiger partial charge in [-0.2, -0.15) is 0 Å². The van der Waals surface area contributed by atoms with Crippen molar-refractivity contribution in [2.45, 2.75) is 12.6 Å². The van der Waals surface area contributed by atoms with E-state index in [-0.39, 0.29) is 13.3 Å². The van der Waals surface area contributed by atoms with Gasteiger partial charge in [0.05, 0.1) is 6.04 Å². The number of aliphatic hydroxyl groups is 1. The van der Waals surface area contributed by atoms with Crippen LogP contribution in [0.5, 0.6) is 11.5 Å². The average molecular weight is 438 g/mol. The molecule has 3 aromatic rings. The number of rotatable bonds is 4. The zero-order valence-electron chi connectivity index (χ0n) is 16.2. The molecule has 0 radical (unpaired) electrons. The Morgan fingerprint density at radius 3 is 2.55 bits per heavy atom. The van der Waals surface area contributed by atoms with Crippen LogP contribution in [0.15, 0.2) is 72.5 Å². The van der Waals surface area contributed by atoms with E-state index in [2.05, 4.69) is 0 Å². The van der Waals surface area contributed by atoms with Crippen LogP contribution in [0, 0.1) is 5.82 Å². The first kappa shape index (κ1) is 19.5. The second-order valence-corrected chi connectivity index (χ2v) is 7.75. The first-order chi connectivity index (χ1) is 15.0. The molecule has 5 rings (SSSR count). The van der Waals surface area contributed by atoms with Crippen LogP contribution in [0.3, 0.4) is 0 Å². The molecule has 5 nitrogen and oxygen atoms in total. The molecule has 1 unspecified atom stereocenters. The van der Waals surface area contributed by atoms with Crippen LogP contribution in [0.4, 0.5) is 4.39 Å². The summed E-state index contributed by atoms with van der Waals surface area (Å²) in [5, 5.41) is 11.3. The van der Waals surface area contributed by atoms with E-state index in [9.17, 15) is 14.3 Å². The van der Waals surface area contributed by atoms with Crippen LogP contribution in [0.1, 0.15) is 22.7 Å². The predicted molar refractivity (Wildman–Crippen MR) is 113 cm³/mol.